The van der Waals surface area contributed by atoms with Gasteiger partial charge in [0.25, 0.3) is 0 Å². The molecule has 2 aromatic heterocycles. The van der Waals surface area contributed by atoms with E-state index in [-0.39, 0.29) is 6.61 Å². The van der Waals surface area contributed by atoms with E-state index in [0.717, 1.165) is 46.9 Å². The topological polar surface area (TPSA) is 79.9 Å². The standard InChI is InChI=1S/C26H28N4O4/c1-5-12-29-23(14-30-26(29)27-17-28-30)21-13-18(2)10-11-24(21)34-15-19-8-6-7-9-20(19)22(16-32-3)25(31)33-4/h6-11,13-14,16-17H,5,12,15H2,1-4H3/b22-16-. The molecule has 8 heteroatoms. The fourth-order valence-electron chi connectivity index (χ4n) is 3.96. The van der Waals surface area contributed by atoms with Gasteiger partial charge in [-0.1, -0.05) is 42.8 Å². The Hall–Kier alpha value is -4.07. The molecule has 0 saturated heterocycles. The lowest BCUT2D eigenvalue weighted by Gasteiger charge is -2.16. The maximum atomic E-state index is 12.3. The summed E-state index contributed by atoms with van der Waals surface area (Å²) in [6, 6.07) is 13.6. The van der Waals surface area contributed by atoms with Crippen molar-refractivity contribution >= 4 is 17.3 Å². The Morgan fingerprint density at radius 3 is 2.74 bits per heavy atom. The van der Waals surface area contributed by atoms with Gasteiger partial charge in [-0.3, -0.25) is 0 Å². The van der Waals surface area contributed by atoms with Gasteiger partial charge in [-0.25, -0.2) is 9.31 Å². The maximum Gasteiger partial charge on any atom is 0.341 e. The molecule has 0 saturated carbocycles. The van der Waals surface area contributed by atoms with Crippen molar-refractivity contribution in [1.82, 2.24) is 19.2 Å². The van der Waals surface area contributed by atoms with E-state index in [1.54, 1.807) is 10.8 Å². The van der Waals surface area contributed by atoms with E-state index in [2.05, 4.69) is 34.6 Å². The number of hydrogen-bond donors (Lipinski definition) is 0. The zero-order chi connectivity index (χ0) is 24.1. The number of fused-ring (bicyclic) bond motifs is 1. The second-order valence-corrected chi connectivity index (χ2v) is 7.87. The first-order valence-electron chi connectivity index (χ1n) is 11.1. The van der Waals surface area contributed by atoms with Crippen LogP contribution in [0, 0.1) is 6.92 Å². The van der Waals surface area contributed by atoms with E-state index in [1.807, 2.05) is 42.6 Å². The van der Waals surface area contributed by atoms with Gasteiger partial charge >= 0.3 is 5.97 Å². The molecule has 0 atom stereocenters. The number of imidazole rings is 1. The molecule has 0 amide bonds. The molecule has 2 heterocycles. The second kappa shape index (κ2) is 10.2. The number of carbonyl (C=O) groups is 1. The van der Waals surface area contributed by atoms with E-state index in [4.69, 9.17) is 14.2 Å². The highest BCUT2D eigenvalue weighted by molar-refractivity contribution is 6.16. The molecule has 4 aromatic rings. The predicted molar refractivity (Wildman–Crippen MR) is 129 cm³/mol. The fourth-order valence-corrected chi connectivity index (χ4v) is 3.96. The van der Waals surface area contributed by atoms with Crippen molar-refractivity contribution in [2.75, 3.05) is 14.2 Å². The van der Waals surface area contributed by atoms with Crippen molar-refractivity contribution in [3.8, 4) is 17.0 Å². The van der Waals surface area contributed by atoms with Crippen molar-refractivity contribution < 1.29 is 19.0 Å². The lowest BCUT2D eigenvalue weighted by Crippen LogP contribution is -2.08. The highest BCUT2D eigenvalue weighted by atomic mass is 16.5. The van der Waals surface area contributed by atoms with Crippen molar-refractivity contribution in [3.05, 3.63) is 77.9 Å². The third kappa shape index (κ3) is 4.52. The minimum Gasteiger partial charge on any atom is -0.503 e. The molecule has 4 rings (SSSR count). The van der Waals surface area contributed by atoms with E-state index in [9.17, 15) is 4.79 Å². The summed E-state index contributed by atoms with van der Waals surface area (Å²) >= 11 is 0. The van der Waals surface area contributed by atoms with E-state index < -0.39 is 5.97 Å². The first-order chi connectivity index (χ1) is 16.6. The summed E-state index contributed by atoms with van der Waals surface area (Å²) in [6.07, 6.45) is 5.89. The number of nitrogens with zero attached hydrogens (tertiary/aromatic N) is 4. The molecule has 176 valence electrons. The predicted octanol–water partition coefficient (Wildman–Crippen LogP) is 4.66. The largest absolute Gasteiger partial charge is 0.503 e. The Morgan fingerprint density at radius 1 is 1.15 bits per heavy atom. The molecule has 0 fully saturated rings. The minimum atomic E-state index is -0.474. The van der Waals surface area contributed by atoms with Crippen LogP contribution in [0.5, 0.6) is 5.75 Å². The molecule has 0 aliphatic heterocycles. The number of esters is 1. The van der Waals surface area contributed by atoms with Crippen molar-refractivity contribution in [1.29, 1.82) is 0 Å². The van der Waals surface area contributed by atoms with Crippen LogP contribution in [0.3, 0.4) is 0 Å². The monoisotopic (exact) mass is 460 g/mol. The van der Waals surface area contributed by atoms with Gasteiger partial charge in [0.2, 0.25) is 5.78 Å². The van der Waals surface area contributed by atoms with Gasteiger partial charge in [-0.15, -0.1) is 0 Å². The van der Waals surface area contributed by atoms with Gasteiger partial charge in [0.15, 0.2) is 0 Å². The lowest BCUT2D eigenvalue weighted by atomic mass is 10.0. The third-order valence-corrected chi connectivity index (χ3v) is 5.52. The quantitative estimate of drug-likeness (QED) is 0.205. The normalized spacial score (nSPS) is 11.6. The van der Waals surface area contributed by atoms with Gasteiger partial charge in [0.05, 0.1) is 32.4 Å². The summed E-state index contributed by atoms with van der Waals surface area (Å²) in [7, 11) is 2.85. The molecule has 2 aromatic carbocycles. The highest BCUT2D eigenvalue weighted by Crippen LogP contribution is 2.34. The van der Waals surface area contributed by atoms with Crippen LogP contribution < -0.4 is 4.74 Å². The van der Waals surface area contributed by atoms with Crippen LogP contribution in [0.2, 0.25) is 0 Å². The summed E-state index contributed by atoms with van der Waals surface area (Å²) < 4.78 is 20.3. The Balaban J connectivity index is 1.71. The molecule has 0 aliphatic carbocycles. The number of benzene rings is 2. The van der Waals surface area contributed by atoms with Crippen LogP contribution in [0.1, 0.15) is 30.0 Å². The van der Waals surface area contributed by atoms with Crippen LogP contribution in [-0.2, 0) is 27.4 Å². The highest BCUT2D eigenvalue weighted by Gasteiger charge is 2.19. The molecule has 34 heavy (non-hydrogen) atoms. The van der Waals surface area contributed by atoms with Crippen LogP contribution in [-0.4, -0.2) is 39.4 Å². The second-order valence-electron chi connectivity index (χ2n) is 7.87. The zero-order valence-electron chi connectivity index (χ0n) is 19.8. The maximum absolute atomic E-state index is 12.3. The summed E-state index contributed by atoms with van der Waals surface area (Å²) in [6.45, 7) is 5.25. The number of rotatable bonds is 9. The van der Waals surface area contributed by atoms with Gasteiger partial charge in [-0.05, 0) is 36.6 Å². The number of ether oxygens (including phenoxy) is 3. The van der Waals surface area contributed by atoms with E-state index in [0.29, 0.717) is 11.1 Å². The molecule has 0 unspecified atom stereocenters. The number of hydrogen-bond acceptors (Lipinski definition) is 6. The van der Waals surface area contributed by atoms with Crippen molar-refractivity contribution in [2.45, 2.75) is 33.4 Å². The number of aromatic nitrogens is 4. The summed E-state index contributed by atoms with van der Waals surface area (Å²) in [5.41, 5.74) is 4.92. The smallest absolute Gasteiger partial charge is 0.341 e. The lowest BCUT2D eigenvalue weighted by molar-refractivity contribution is -0.133. The molecule has 0 radical (unpaired) electrons. The first-order valence-corrected chi connectivity index (χ1v) is 11.1. The average Bonchev–Trinajstić information content (AvgIpc) is 3.44. The number of methoxy groups -OCH3 is 2. The van der Waals surface area contributed by atoms with Crippen molar-refractivity contribution in [2.24, 2.45) is 0 Å². The van der Waals surface area contributed by atoms with E-state index >= 15 is 0 Å². The molecular weight excluding hydrogens is 432 g/mol. The molecule has 0 N–H and O–H groups in total. The van der Waals surface area contributed by atoms with Crippen molar-refractivity contribution in [3.63, 3.8) is 0 Å². The third-order valence-electron chi connectivity index (χ3n) is 5.52. The SMILES string of the molecule is CCCn1c(-c2cc(C)ccc2OCc2ccccc2/C(=C/OC)C(=O)OC)cn2ncnc12. The Bertz CT molecular complexity index is 1340. The van der Waals surface area contributed by atoms with Gasteiger partial charge in [0.1, 0.15) is 24.3 Å². The van der Waals surface area contributed by atoms with Crippen LogP contribution in [0.15, 0.2) is 61.3 Å². The summed E-state index contributed by atoms with van der Waals surface area (Å²) in [5.74, 6) is 1.05. The Kier molecular flexibility index (Phi) is 6.96. The van der Waals surface area contributed by atoms with Crippen LogP contribution >= 0.6 is 0 Å². The molecule has 0 spiro atoms. The average molecular weight is 461 g/mol. The van der Waals surface area contributed by atoms with E-state index in [1.165, 1.54) is 20.5 Å². The molecule has 0 bridgehead atoms. The summed E-state index contributed by atoms with van der Waals surface area (Å²) in [4.78, 5) is 16.8. The zero-order valence-corrected chi connectivity index (χ0v) is 19.8. The molecule has 0 aliphatic rings. The van der Waals surface area contributed by atoms with Gasteiger partial charge in [-0.2, -0.15) is 10.1 Å². The fraction of sp³-hybridized carbons (Fsp3) is 0.269. The molecule has 8 nitrogen and oxygen atoms in total. The van der Waals surface area contributed by atoms with Crippen LogP contribution in [0.25, 0.3) is 22.6 Å². The minimum absolute atomic E-state index is 0.258. The Labute approximate surface area is 198 Å². The van der Waals surface area contributed by atoms with Gasteiger partial charge in [0, 0.05) is 12.1 Å². The summed E-state index contributed by atoms with van der Waals surface area (Å²) in [5, 5.41) is 4.31. The number of aryl methyl sites for hydroxylation is 2. The van der Waals surface area contributed by atoms with Crippen LogP contribution in [0.4, 0.5) is 0 Å². The molecular formula is C26H28N4O4. The first kappa shape index (κ1) is 23.1. The van der Waals surface area contributed by atoms with Gasteiger partial charge < -0.3 is 18.8 Å². The number of carbonyl (C=O) groups excluding carboxylic acids is 1. The Morgan fingerprint density at radius 2 is 1.97 bits per heavy atom.